The minimum atomic E-state index is -0.380. The Hall–Kier alpha value is -1.20. The van der Waals surface area contributed by atoms with Crippen LogP contribution in [0, 0.1) is 46.3 Å². The fraction of sp³-hybridized carbons (Fsp3) is 0.857. The molecule has 0 aromatic heterocycles. The number of hydrogen-bond donors (Lipinski definition) is 2. The second-order valence-corrected chi connectivity index (χ2v) is 12.4. The third-order valence-electron chi connectivity index (χ3n) is 10.9. The summed E-state index contributed by atoms with van der Waals surface area (Å²) in [6.45, 7) is 12.1. The second kappa shape index (κ2) is 9.11. The van der Waals surface area contributed by atoms with Crippen molar-refractivity contribution >= 4 is 11.8 Å². The number of ketones is 1. The van der Waals surface area contributed by atoms with Crippen molar-refractivity contribution in [3.8, 4) is 0 Å². The maximum Gasteiger partial charge on any atom is 0.330 e. The van der Waals surface area contributed by atoms with Crippen LogP contribution in [0.3, 0.4) is 0 Å². The lowest BCUT2D eigenvalue weighted by Crippen LogP contribution is -2.62. The summed E-state index contributed by atoms with van der Waals surface area (Å²) < 4.78 is 5.58. The molecule has 0 bridgehead atoms. The van der Waals surface area contributed by atoms with Crippen LogP contribution in [0.25, 0.3) is 0 Å². The summed E-state index contributed by atoms with van der Waals surface area (Å²) in [5.41, 5.74) is -0.139. The van der Waals surface area contributed by atoms with Gasteiger partial charge >= 0.3 is 5.97 Å². The number of carbonyl (C=O) groups excluding carboxylic acids is 2. The van der Waals surface area contributed by atoms with E-state index in [2.05, 4.69) is 27.4 Å². The Morgan fingerprint density at radius 2 is 1.85 bits per heavy atom. The maximum atomic E-state index is 11.7. The molecule has 0 saturated heterocycles. The normalized spacial score (nSPS) is 47.6. The summed E-state index contributed by atoms with van der Waals surface area (Å²) in [5.74, 6) is 1.80. The molecule has 0 heterocycles. The molecule has 0 aromatic rings. The third-order valence-corrected chi connectivity index (χ3v) is 10.9. The number of hydrogen-bond acceptors (Lipinski definition) is 5. The van der Waals surface area contributed by atoms with Crippen molar-refractivity contribution in [2.45, 2.75) is 104 Å². The molecule has 4 fully saturated rings. The first kappa shape index (κ1) is 24.9. The van der Waals surface area contributed by atoms with E-state index < -0.39 is 0 Å². The predicted molar refractivity (Wildman–Crippen MR) is 127 cm³/mol. The first-order valence-corrected chi connectivity index (χ1v) is 13.2. The summed E-state index contributed by atoms with van der Waals surface area (Å²) in [5, 5.41) is 23.1. The standard InChI is InChI=1S/C28H44O5/c1-6-25(32)33-19-11-12-27(4)18(13-19)14-23(30)26-21-10-9-20(16(2)7-8-17(3)29)28(21,5)24(31)15-22(26)27/h6,16,18-24,26,30-31H,1,7-15H2,2-5H3. The number of Topliss-reactive ketones (excluding diaryl/α,β-unsaturated/α-hetero) is 1. The molecule has 33 heavy (non-hydrogen) atoms. The van der Waals surface area contributed by atoms with Crippen LogP contribution >= 0.6 is 0 Å². The Balaban J connectivity index is 1.55. The molecule has 4 rings (SSSR count). The van der Waals surface area contributed by atoms with E-state index >= 15 is 0 Å². The minimum Gasteiger partial charge on any atom is -0.459 e. The van der Waals surface area contributed by atoms with E-state index in [9.17, 15) is 19.8 Å². The lowest BCUT2D eigenvalue weighted by atomic mass is 9.43. The highest BCUT2D eigenvalue weighted by atomic mass is 16.5. The summed E-state index contributed by atoms with van der Waals surface area (Å²) in [4.78, 5) is 23.3. The van der Waals surface area contributed by atoms with Crippen LogP contribution in [0.4, 0.5) is 0 Å². The molecule has 11 unspecified atom stereocenters. The molecule has 186 valence electrons. The number of fused-ring (bicyclic) bond motifs is 5. The highest BCUT2D eigenvalue weighted by Crippen LogP contribution is 2.68. The molecule has 0 amide bonds. The van der Waals surface area contributed by atoms with E-state index in [-0.39, 0.29) is 46.8 Å². The van der Waals surface area contributed by atoms with E-state index in [1.54, 1.807) is 6.92 Å². The van der Waals surface area contributed by atoms with Gasteiger partial charge in [-0.2, -0.15) is 0 Å². The smallest absolute Gasteiger partial charge is 0.330 e. The van der Waals surface area contributed by atoms with Crippen LogP contribution in [0.2, 0.25) is 0 Å². The summed E-state index contributed by atoms with van der Waals surface area (Å²) >= 11 is 0. The van der Waals surface area contributed by atoms with E-state index in [1.165, 1.54) is 6.08 Å². The van der Waals surface area contributed by atoms with Crippen molar-refractivity contribution in [3.63, 3.8) is 0 Å². The molecule has 0 spiro atoms. The van der Waals surface area contributed by atoms with Crippen LogP contribution in [-0.4, -0.2) is 40.3 Å². The van der Waals surface area contributed by atoms with Crippen molar-refractivity contribution < 1.29 is 24.5 Å². The van der Waals surface area contributed by atoms with Gasteiger partial charge in [0.25, 0.3) is 0 Å². The van der Waals surface area contributed by atoms with Crippen LogP contribution in [-0.2, 0) is 14.3 Å². The minimum absolute atomic E-state index is 0.0572. The van der Waals surface area contributed by atoms with E-state index in [4.69, 9.17) is 4.74 Å². The Labute approximate surface area is 199 Å². The van der Waals surface area contributed by atoms with E-state index in [1.807, 2.05) is 0 Å². The van der Waals surface area contributed by atoms with Crippen LogP contribution in [0.15, 0.2) is 12.7 Å². The molecule has 4 saturated carbocycles. The zero-order valence-electron chi connectivity index (χ0n) is 21.0. The van der Waals surface area contributed by atoms with Gasteiger partial charge in [0.1, 0.15) is 11.9 Å². The van der Waals surface area contributed by atoms with Gasteiger partial charge in [-0.3, -0.25) is 0 Å². The molecule has 0 aliphatic heterocycles. The summed E-state index contributed by atoms with van der Waals surface area (Å²) in [6.07, 6.45) is 8.11. The zero-order valence-corrected chi connectivity index (χ0v) is 21.0. The molecular formula is C28H44O5. The van der Waals surface area contributed by atoms with Crippen molar-refractivity contribution in [2.75, 3.05) is 0 Å². The van der Waals surface area contributed by atoms with Gasteiger partial charge < -0.3 is 19.7 Å². The Kier molecular flexibility index (Phi) is 6.88. The highest BCUT2D eigenvalue weighted by Gasteiger charge is 2.65. The Bertz CT molecular complexity index is 778. The second-order valence-electron chi connectivity index (χ2n) is 12.4. The number of aliphatic hydroxyl groups is 2. The first-order valence-electron chi connectivity index (χ1n) is 13.2. The third kappa shape index (κ3) is 4.11. The SMILES string of the molecule is C=CC(=O)OC1CCC2(C)C(C1)CC(O)C1C2CC(O)C2(C)C(C(C)CCC(C)=O)CCC12. The van der Waals surface area contributed by atoms with Gasteiger partial charge in [0.15, 0.2) is 0 Å². The average molecular weight is 461 g/mol. The molecule has 11 atom stereocenters. The molecule has 2 N–H and O–H groups in total. The fourth-order valence-electron chi connectivity index (χ4n) is 9.07. The first-order chi connectivity index (χ1) is 15.5. The van der Waals surface area contributed by atoms with E-state index in [0.717, 1.165) is 51.4 Å². The van der Waals surface area contributed by atoms with Gasteiger partial charge in [-0.1, -0.05) is 27.4 Å². The molecule has 5 nitrogen and oxygen atoms in total. The number of ether oxygens (including phenoxy) is 1. The Morgan fingerprint density at radius 1 is 1.12 bits per heavy atom. The molecular weight excluding hydrogens is 416 g/mol. The van der Waals surface area contributed by atoms with Gasteiger partial charge in [-0.05, 0) is 105 Å². The monoisotopic (exact) mass is 460 g/mol. The van der Waals surface area contributed by atoms with Gasteiger partial charge in [-0.25, -0.2) is 4.79 Å². The topological polar surface area (TPSA) is 83.8 Å². The summed E-state index contributed by atoms with van der Waals surface area (Å²) in [7, 11) is 0. The predicted octanol–water partition coefficient (Wildman–Crippen LogP) is 4.69. The van der Waals surface area contributed by atoms with Crippen LogP contribution < -0.4 is 0 Å². The van der Waals surface area contributed by atoms with Crippen molar-refractivity contribution in [1.82, 2.24) is 0 Å². The highest BCUT2D eigenvalue weighted by molar-refractivity contribution is 5.81. The largest absolute Gasteiger partial charge is 0.459 e. The average Bonchev–Trinajstić information content (AvgIpc) is 3.12. The Morgan fingerprint density at radius 3 is 2.52 bits per heavy atom. The number of rotatable bonds is 6. The number of aliphatic hydroxyl groups excluding tert-OH is 2. The number of esters is 1. The maximum absolute atomic E-state index is 11.7. The van der Waals surface area contributed by atoms with Gasteiger partial charge in [0.05, 0.1) is 12.2 Å². The summed E-state index contributed by atoms with van der Waals surface area (Å²) in [6, 6.07) is 0. The van der Waals surface area contributed by atoms with Gasteiger partial charge in [0, 0.05) is 12.5 Å². The lowest BCUT2D eigenvalue weighted by Gasteiger charge is -2.63. The van der Waals surface area contributed by atoms with Crippen LogP contribution in [0.1, 0.15) is 85.5 Å². The van der Waals surface area contributed by atoms with E-state index in [0.29, 0.717) is 36.0 Å². The molecule has 4 aliphatic carbocycles. The molecule has 0 radical (unpaired) electrons. The quantitative estimate of drug-likeness (QED) is 0.444. The van der Waals surface area contributed by atoms with Gasteiger partial charge in [-0.15, -0.1) is 0 Å². The molecule has 4 aliphatic rings. The number of carbonyl (C=O) groups is 2. The lowest BCUT2D eigenvalue weighted by molar-refractivity contribution is -0.209. The van der Waals surface area contributed by atoms with Gasteiger partial charge in [0.2, 0.25) is 0 Å². The molecule has 5 heteroatoms. The van der Waals surface area contributed by atoms with Crippen molar-refractivity contribution in [1.29, 1.82) is 0 Å². The molecule has 0 aromatic carbocycles. The van der Waals surface area contributed by atoms with Crippen LogP contribution in [0.5, 0.6) is 0 Å². The zero-order chi connectivity index (χ0) is 24.1. The fourth-order valence-corrected chi connectivity index (χ4v) is 9.07. The van der Waals surface area contributed by atoms with Crippen molar-refractivity contribution in [3.05, 3.63) is 12.7 Å². The van der Waals surface area contributed by atoms with Crippen molar-refractivity contribution in [2.24, 2.45) is 46.3 Å².